The van der Waals surface area contributed by atoms with Crippen molar-refractivity contribution in [2.75, 3.05) is 0 Å². The maximum Gasteiger partial charge on any atom is 0.309 e. The Morgan fingerprint density at radius 3 is 2.87 bits per heavy atom. The molecule has 0 aromatic heterocycles. The van der Waals surface area contributed by atoms with Gasteiger partial charge >= 0.3 is 5.97 Å². The van der Waals surface area contributed by atoms with Gasteiger partial charge in [0, 0.05) is 0 Å². The van der Waals surface area contributed by atoms with Gasteiger partial charge in [0.05, 0.1) is 5.92 Å². The number of hydrogen-bond acceptors (Lipinski definition) is 4. The van der Waals surface area contributed by atoms with Gasteiger partial charge in [0.2, 0.25) is 5.91 Å². The molecule has 2 rings (SSSR count). The van der Waals surface area contributed by atoms with E-state index in [1.54, 1.807) is 6.07 Å². The molecule has 1 aromatic rings. The fourth-order valence-corrected chi connectivity index (χ4v) is 2.73. The van der Waals surface area contributed by atoms with Crippen LogP contribution in [-0.4, -0.2) is 28.7 Å². The molecule has 1 aliphatic heterocycles. The van der Waals surface area contributed by atoms with E-state index in [1.165, 1.54) is 19.1 Å². The van der Waals surface area contributed by atoms with Crippen LogP contribution in [0, 0.1) is 11.7 Å². The lowest BCUT2D eigenvalue weighted by Gasteiger charge is -2.19. The van der Waals surface area contributed by atoms with E-state index in [1.807, 2.05) is 6.07 Å². The van der Waals surface area contributed by atoms with Gasteiger partial charge in [0.1, 0.15) is 17.5 Å². The van der Waals surface area contributed by atoms with Crippen molar-refractivity contribution in [2.24, 2.45) is 11.7 Å². The second kappa shape index (κ2) is 7.08. The number of rotatable bonds is 7. The molecule has 0 radical (unpaired) electrons. The van der Waals surface area contributed by atoms with Crippen LogP contribution < -0.4 is 5.73 Å². The first-order valence-corrected chi connectivity index (χ1v) is 7.75. The second-order valence-electron chi connectivity index (χ2n) is 6.34. The molecule has 5 nitrogen and oxygen atoms in total. The lowest BCUT2D eigenvalue weighted by atomic mass is 9.90. The van der Waals surface area contributed by atoms with E-state index in [4.69, 9.17) is 10.5 Å². The number of cyclic esters (lactones) is 1. The predicted octanol–water partition coefficient (Wildman–Crippen LogP) is 1.71. The fraction of sp³-hybridized carbons (Fsp3) is 0.529. The third-order valence-corrected chi connectivity index (χ3v) is 4.32. The number of carbonyl (C=O) groups is 2. The van der Waals surface area contributed by atoms with Gasteiger partial charge in [-0.15, -0.1) is 0 Å². The monoisotopic (exact) mass is 323 g/mol. The molecule has 1 aliphatic rings. The molecule has 3 unspecified atom stereocenters. The van der Waals surface area contributed by atoms with Crippen molar-refractivity contribution < 1.29 is 23.8 Å². The largest absolute Gasteiger partial charge is 0.462 e. The topological polar surface area (TPSA) is 89.6 Å². The number of halogens is 1. The van der Waals surface area contributed by atoms with Crippen molar-refractivity contribution in [3.63, 3.8) is 0 Å². The highest BCUT2D eigenvalue weighted by Crippen LogP contribution is 2.30. The van der Waals surface area contributed by atoms with Crippen LogP contribution >= 0.6 is 0 Å². The zero-order chi connectivity index (χ0) is 17.0. The molecule has 3 N–H and O–H groups in total. The van der Waals surface area contributed by atoms with E-state index >= 15 is 0 Å². The summed E-state index contributed by atoms with van der Waals surface area (Å²) in [7, 11) is 0. The summed E-state index contributed by atoms with van der Waals surface area (Å²) < 4.78 is 18.4. The number of esters is 1. The Balaban J connectivity index is 1.82. The molecule has 0 aliphatic carbocycles. The van der Waals surface area contributed by atoms with Crippen LogP contribution in [0.4, 0.5) is 4.39 Å². The van der Waals surface area contributed by atoms with Crippen molar-refractivity contribution >= 4 is 11.9 Å². The summed E-state index contributed by atoms with van der Waals surface area (Å²) in [6, 6.07) is 6.35. The molecular formula is C17H22FNO4. The zero-order valence-corrected chi connectivity index (χ0v) is 13.1. The SMILES string of the molecule is CC(O)(CCC1CC(CCc2cccc(F)c2)OC1=O)C(N)=O. The normalized spacial score (nSPS) is 23.3. The Morgan fingerprint density at radius 1 is 1.48 bits per heavy atom. The third kappa shape index (κ3) is 4.76. The van der Waals surface area contributed by atoms with Crippen molar-refractivity contribution in [1.29, 1.82) is 0 Å². The molecule has 0 spiro atoms. The molecule has 1 heterocycles. The molecule has 126 valence electrons. The van der Waals surface area contributed by atoms with Crippen molar-refractivity contribution in [3.05, 3.63) is 35.6 Å². The van der Waals surface area contributed by atoms with Crippen LogP contribution in [0.3, 0.4) is 0 Å². The van der Waals surface area contributed by atoms with Gasteiger partial charge in [-0.3, -0.25) is 9.59 Å². The summed E-state index contributed by atoms with van der Waals surface area (Å²) >= 11 is 0. The summed E-state index contributed by atoms with van der Waals surface area (Å²) in [6.45, 7) is 1.34. The van der Waals surface area contributed by atoms with E-state index < -0.39 is 11.5 Å². The first kappa shape index (κ1) is 17.4. The molecular weight excluding hydrogens is 301 g/mol. The molecule has 1 saturated heterocycles. The number of hydrogen-bond donors (Lipinski definition) is 2. The lowest BCUT2D eigenvalue weighted by molar-refractivity contribution is -0.145. The van der Waals surface area contributed by atoms with Crippen molar-refractivity contribution in [1.82, 2.24) is 0 Å². The van der Waals surface area contributed by atoms with Gasteiger partial charge in [-0.2, -0.15) is 0 Å². The van der Waals surface area contributed by atoms with E-state index in [0.717, 1.165) is 5.56 Å². The second-order valence-corrected chi connectivity index (χ2v) is 6.34. The van der Waals surface area contributed by atoms with Gasteiger partial charge in [-0.25, -0.2) is 4.39 Å². The van der Waals surface area contributed by atoms with Gasteiger partial charge in [-0.05, 0) is 56.7 Å². The summed E-state index contributed by atoms with van der Waals surface area (Å²) in [5.74, 6) is -1.73. The number of primary amides is 1. The number of ether oxygens (including phenoxy) is 1. The first-order valence-electron chi connectivity index (χ1n) is 7.75. The fourth-order valence-electron chi connectivity index (χ4n) is 2.73. The molecule has 1 fully saturated rings. The molecule has 0 saturated carbocycles. The smallest absolute Gasteiger partial charge is 0.309 e. The van der Waals surface area contributed by atoms with Crippen LogP contribution in [0.1, 0.15) is 38.2 Å². The molecule has 1 amide bonds. The summed E-state index contributed by atoms with van der Waals surface area (Å²) in [5, 5.41) is 9.82. The van der Waals surface area contributed by atoms with Crippen LogP contribution in [0.5, 0.6) is 0 Å². The van der Waals surface area contributed by atoms with Gasteiger partial charge in [0.25, 0.3) is 0 Å². The van der Waals surface area contributed by atoms with E-state index in [-0.39, 0.29) is 30.2 Å². The molecule has 6 heteroatoms. The lowest BCUT2D eigenvalue weighted by Crippen LogP contribution is -2.41. The first-order chi connectivity index (χ1) is 10.8. The Labute approximate surface area is 134 Å². The standard InChI is InChI=1S/C17H22FNO4/c1-17(22,16(19)21)8-7-12-10-14(23-15(12)20)6-5-11-3-2-4-13(18)9-11/h2-4,9,12,14,22H,5-8,10H2,1H3,(H2,19,21). The number of nitrogens with two attached hydrogens (primary N) is 1. The summed E-state index contributed by atoms with van der Waals surface area (Å²) in [6.07, 6.45) is 2.06. The number of amides is 1. The van der Waals surface area contributed by atoms with Crippen LogP contribution in [0.15, 0.2) is 24.3 Å². The van der Waals surface area contributed by atoms with Crippen LogP contribution in [0.25, 0.3) is 0 Å². The van der Waals surface area contributed by atoms with Crippen molar-refractivity contribution in [2.45, 2.75) is 50.7 Å². The Bertz CT molecular complexity index is 588. The van der Waals surface area contributed by atoms with Crippen molar-refractivity contribution in [3.8, 4) is 0 Å². The molecule has 23 heavy (non-hydrogen) atoms. The molecule has 3 atom stereocenters. The molecule has 1 aromatic carbocycles. The predicted molar refractivity (Wildman–Crippen MR) is 81.8 cm³/mol. The minimum absolute atomic E-state index is 0.124. The quantitative estimate of drug-likeness (QED) is 0.748. The number of aryl methyl sites for hydroxylation is 1. The third-order valence-electron chi connectivity index (χ3n) is 4.32. The maximum atomic E-state index is 13.1. The minimum Gasteiger partial charge on any atom is -0.462 e. The number of benzene rings is 1. The van der Waals surface area contributed by atoms with E-state index in [2.05, 4.69) is 0 Å². The highest BCUT2D eigenvalue weighted by molar-refractivity contribution is 5.82. The Kier molecular flexibility index (Phi) is 5.36. The Hall–Kier alpha value is -1.95. The van der Waals surface area contributed by atoms with Gasteiger partial charge in [0.15, 0.2) is 0 Å². The van der Waals surface area contributed by atoms with E-state index in [9.17, 15) is 19.1 Å². The number of carbonyl (C=O) groups excluding carboxylic acids is 2. The Morgan fingerprint density at radius 2 is 2.22 bits per heavy atom. The average molecular weight is 323 g/mol. The highest BCUT2D eigenvalue weighted by atomic mass is 19.1. The maximum absolute atomic E-state index is 13.1. The average Bonchev–Trinajstić information content (AvgIpc) is 2.83. The summed E-state index contributed by atoms with van der Waals surface area (Å²) in [4.78, 5) is 22.9. The highest BCUT2D eigenvalue weighted by Gasteiger charge is 2.36. The molecule has 0 bridgehead atoms. The summed E-state index contributed by atoms with van der Waals surface area (Å²) in [5.41, 5.74) is 4.36. The van der Waals surface area contributed by atoms with Crippen LogP contribution in [-0.2, 0) is 20.7 Å². The van der Waals surface area contributed by atoms with Gasteiger partial charge in [-0.1, -0.05) is 12.1 Å². The van der Waals surface area contributed by atoms with Crippen LogP contribution in [0.2, 0.25) is 0 Å². The van der Waals surface area contributed by atoms with Gasteiger partial charge < -0.3 is 15.6 Å². The zero-order valence-electron chi connectivity index (χ0n) is 13.1. The number of aliphatic hydroxyl groups is 1. The van der Waals surface area contributed by atoms with E-state index in [0.29, 0.717) is 25.7 Å². The minimum atomic E-state index is -1.61.